The van der Waals surface area contributed by atoms with Crippen molar-refractivity contribution in [1.29, 1.82) is 0 Å². The molecule has 0 aliphatic heterocycles. The third kappa shape index (κ3) is 3.36. The van der Waals surface area contributed by atoms with Crippen molar-refractivity contribution in [1.82, 2.24) is 4.90 Å². The van der Waals surface area contributed by atoms with Crippen LogP contribution in [0.2, 0.25) is 0 Å². The molecule has 0 aromatic rings. The van der Waals surface area contributed by atoms with E-state index in [1.165, 1.54) is 7.11 Å². The molecule has 0 spiro atoms. The zero-order chi connectivity index (χ0) is 12.0. The van der Waals surface area contributed by atoms with Crippen LogP contribution in [0.25, 0.3) is 0 Å². The number of amides is 1. The van der Waals surface area contributed by atoms with Gasteiger partial charge < -0.3 is 9.64 Å². The van der Waals surface area contributed by atoms with Gasteiger partial charge in [0.25, 0.3) is 0 Å². The van der Waals surface area contributed by atoms with E-state index in [1.54, 1.807) is 11.0 Å². The smallest absolute Gasteiger partial charge is 0.325 e. The lowest BCUT2D eigenvalue weighted by Crippen LogP contribution is -2.42. The Kier molecular flexibility index (Phi) is 5.02. The normalized spacial score (nSPS) is 15.8. The summed E-state index contributed by atoms with van der Waals surface area (Å²) in [6.07, 6.45) is 6.09. The monoisotopic (exact) mass is 225 g/mol. The number of hydrogen-bond acceptors (Lipinski definition) is 3. The Balaban J connectivity index is 2.63. The Morgan fingerprint density at radius 2 is 2.06 bits per heavy atom. The van der Waals surface area contributed by atoms with Gasteiger partial charge in [0.2, 0.25) is 5.91 Å². The predicted octanol–water partition coefficient (Wildman–Crippen LogP) is 1.51. The van der Waals surface area contributed by atoms with E-state index in [4.69, 9.17) is 0 Å². The minimum atomic E-state index is -0.357. The molecule has 0 unspecified atom stereocenters. The molecular weight excluding hydrogens is 206 g/mol. The maximum Gasteiger partial charge on any atom is 0.325 e. The third-order valence-corrected chi connectivity index (χ3v) is 2.93. The van der Waals surface area contributed by atoms with Crippen molar-refractivity contribution in [2.45, 2.75) is 38.1 Å². The second kappa shape index (κ2) is 6.30. The van der Waals surface area contributed by atoms with Crippen LogP contribution in [-0.4, -0.2) is 36.5 Å². The van der Waals surface area contributed by atoms with Gasteiger partial charge in [0.05, 0.1) is 7.11 Å². The van der Waals surface area contributed by atoms with E-state index in [9.17, 15) is 9.59 Å². The first-order valence-electron chi connectivity index (χ1n) is 5.66. The molecule has 0 aromatic heterocycles. The van der Waals surface area contributed by atoms with Gasteiger partial charge in [-0.3, -0.25) is 9.59 Å². The summed E-state index contributed by atoms with van der Waals surface area (Å²) in [5, 5.41) is 0. The number of rotatable bonds is 5. The van der Waals surface area contributed by atoms with E-state index < -0.39 is 0 Å². The van der Waals surface area contributed by atoms with Crippen molar-refractivity contribution < 1.29 is 14.3 Å². The van der Waals surface area contributed by atoms with Crippen LogP contribution in [0.1, 0.15) is 32.1 Å². The standard InChI is InChI=1S/C12H19NO3/c1-3-6-11(14)13(9-12(15)16-2)10-7-4-5-8-10/h3,10H,1,4-9H2,2H3. The maximum atomic E-state index is 11.8. The number of esters is 1. The molecule has 1 aliphatic rings. The second-order valence-electron chi connectivity index (χ2n) is 4.03. The van der Waals surface area contributed by atoms with E-state index in [2.05, 4.69) is 11.3 Å². The molecule has 1 rings (SSSR count). The molecule has 4 nitrogen and oxygen atoms in total. The Morgan fingerprint density at radius 3 is 2.56 bits per heavy atom. The summed E-state index contributed by atoms with van der Waals surface area (Å²) in [6, 6.07) is 0.201. The van der Waals surface area contributed by atoms with Gasteiger partial charge in [-0.15, -0.1) is 6.58 Å². The molecular formula is C12H19NO3. The molecule has 0 aromatic carbocycles. The van der Waals surface area contributed by atoms with Gasteiger partial charge in [-0.1, -0.05) is 18.9 Å². The predicted molar refractivity (Wildman–Crippen MR) is 60.8 cm³/mol. The largest absolute Gasteiger partial charge is 0.468 e. The summed E-state index contributed by atoms with van der Waals surface area (Å²) < 4.78 is 4.61. The van der Waals surface area contributed by atoms with Gasteiger partial charge in [0.1, 0.15) is 6.54 Å². The fraction of sp³-hybridized carbons (Fsp3) is 0.667. The van der Waals surface area contributed by atoms with Crippen LogP contribution in [0.5, 0.6) is 0 Å². The van der Waals surface area contributed by atoms with Crippen LogP contribution in [-0.2, 0) is 14.3 Å². The molecule has 1 fully saturated rings. The van der Waals surface area contributed by atoms with Crippen LogP contribution < -0.4 is 0 Å². The van der Waals surface area contributed by atoms with Gasteiger partial charge >= 0.3 is 5.97 Å². The van der Waals surface area contributed by atoms with Crippen molar-refractivity contribution in [2.75, 3.05) is 13.7 Å². The molecule has 0 atom stereocenters. The lowest BCUT2D eigenvalue weighted by atomic mass is 10.2. The van der Waals surface area contributed by atoms with Crippen LogP contribution >= 0.6 is 0 Å². The van der Waals surface area contributed by atoms with Crippen LogP contribution in [0, 0.1) is 0 Å². The zero-order valence-electron chi connectivity index (χ0n) is 9.78. The fourth-order valence-corrected chi connectivity index (χ4v) is 2.08. The molecule has 90 valence electrons. The minimum absolute atomic E-state index is 0.0349. The summed E-state index contributed by atoms with van der Waals surface area (Å²) in [4.78, 5) is 24.7. The average Bonchev–Trinajstić information content (AvgIpc) is 2.78. The number of nitrogens with zero attached hydrogens (tertiary/aromatic N) is 1. The highest BCUT2D eigenvalue weighted by Crippen LogP contribution is 2.24. The molecule has 0 saturated heterocycles. The van der Waals surface area contributed by atoms with Crippen LogP contribution in [0.4, 0.5) is 0 Å². The van der Waals surface area contributed by atoms with Crippen molar-refractivity contribution >= 4 is 11.9 Å². The van der Waals surface area contributed by atoms with E-state index in [-0.39, 0.29) is 30.9 Å². The molecule has 0 N–H and O–H groups in total. The zero-order valence-corrected chi connectivity index (χ0v) is 9.78. The lowest BCUT2D eigenvalue weighted by Gasteiger charge is -2.27. The Morgan fingerprint density at radius 1 is 1.44 bits per heavy atom. The third-order valence-electron chi connectivity index (χ3n) is 2.93. The molecule has 0 heterocycles. The highest BCUT2D eigenvalue weighted by Gasteiger charge is 2.27. The van der Waals surface area contributed by atoms with Crippen molar-refractivity contribution in [3.63, 3.8) is 0 Å². The van der Waals surface area contributed by atoms with Gasteiger partial charge in [-0.05, 0) is 12.8 Å². The highest BCUT2D eigenvalue weighted by atomic mass is 16.5. The molecule has 0 radical (unpaired) electrons. The Hall–Kier alpha value is -1.32. The molecule has 16 heavy (non-hydrogen) atoms. The first-order valence-corrected chi connectivity index (χ1v) is 5.66. The first-order chi connectivity index (χ1) is 7.69. The summed E-state index contributed by atoms with van der Waals surface area (Å²) in [6.45, 7) is 3.61. The minimum Gasteiger partial charge on any atom is -0.468 e. The Bertz CT molecular complexity index is 269. The molecule has 1 aliphatic carbocycles. The summed E-state index contributed by atoms with van der Waals surface area (Å²) >= 11 is 0. The van der Waals surface area contributed by atoms with E-state index >= 15 is 0 Å². The quantitative estimate of drug-likeness (QED) is 0.526. The van der Waals surface area contributed by atoms with Gasteiger partial charge in [0, 0.05) is 12.5 Å². The number of carbonyl (C=O) groups excluding carboxylic acids is 2. The van der Waals surface area contributed by atoms with E-state index in [1.807, 2.05) is 0 Å². The molecule has 1 amide bonds. The lowest BCUT2D eigenvalue weighted by molar-refractivity contribution is -0.148. The van der Waals surface area contributed by atoms with Crippen molar-refractivity contribution in [3.05, 3.63) is 12.7 Å². The SMILES string of the molecule is C=CCC(=O)N(CC(=O)OC)C1CCCC1. The maximum absolute atomic E-state index is 11.8. The van der Waals surface area contributed by atoms with E-state index in [0.717, 1.165) is 25.7 Å². The van der Waals surface area contributed by atoms with Gasteiger partial charge in [-0.2, -0.15) is 0 Å². The van der Waals surface area contributed by atoms with Crippen molar-refractivity contribution in [2.24, 2.45) is 0 Å². The number of ether oxygens (including phenoxy) is 1. The van der Waals surface area contributed by atoms with Crippen LogP contribution in [0.15, 0.2) is 12.7 Å². The molecule has 4 heteroatoms. The number of carbonyl (C=O) groups is 2. The number of methoxy groups -OCH3 is 1. The van der Waals surface area contributed by atoms with Crippen LogP contribution in [0.3, 0.4) is 0 Å². The average molecular weight is 225 g/mol. The first kappa shape index (κ1) is 12.7. The summed E-state index contributed by atoms with van der Waals surface area (Å²) in [5.41, 5.74) is 0. The summed E-state index contributed by atoms with van der Waals surface area (Å²) in [5.74, 6) is -0.392. The van der Waals surface area contributed by atoms with Crippen molar-refractivity contribution in [3.8, 4) is 0 Å². The highest BCUT2D eigenvalue weighted by molar-refractivity contribution is 5.83. The summed E-state index contributed by atoms with van der Waals surface area (Å²) in [7, 11) is 1.34. The molecule has 0 bridgehead atoms. The topological polar surface area (TPSA) is 46.6 Å². The Labute approximate surface area is 96.3 Å². The van der Waals surface area contributed by atoms with Gasteiger partial charge in [0.15, 0.2) is 0 Å². The fourth-order valence-electron chi connectivity index (χ4n) is 2.08. The second-order valence-corrected chi connectivity index (χ2v) is 4.03. The number of hydrogen-bond donors (Lipinski definition) is 0. The molecule has 1 saturated carbocycles. The van der Waals surface area contributed by atoms with Gasteiger partial charge in [-0.25, -0.2) is 0 Å². The van der Waals surface area contributed by atoms with E-state index in [0.29, 0.717) is 0 Å².